The number of fused-ring (bicyclic) bond motifs is 4. The van der Waals surface area contributed by atoms with Crippen LogP contribution >= 0.6 is 0 Å². The number of hydrogen-bond acceptors (Lipinski definition) is 23. The Morgan fingerprint density at radius 1 is 0.667 bits per heavy atom. The standard InChI is InChI=1S/C41H65N5O8S.C35H49N3O7.C6H16N2O2S/c1-11-53-38-26(20-46-37(36(25(3)48)35(22-47)54-46)40(50)43-34-19-29-18-33(24(34)2)41(29,4)5)13-12-14-32(38)27-15-28(17-31(16-27)45(8)9)39(49)42-30(21-44(6)7)23-55(10,51)52;1-8-44-32-21(10-9-11-26(32)22-12-23(34(42)43)14-25(13-22)37(6)7)17-38-31(30(20(3)40)29(18-39)45-38)33(41)36-28-16-24-15-27(19(28)2)35(24,4)5;1-8(2)4-6(7)5-11(3,9)10/h12-13,15-17,24-25,29-30,32-37,47-48H,11,14,18-23H2,1-10H3,(H,42,49)(H,43,50);9-14,19-20,24,27-31,39-40H,8,15-18H2,1-7H3,(H,36,41)(H,42,43);6H,4-5,7H2,1-3H3/t24-,25-,29+,30+,32?,33-,34-,35-,36+,37-;19-,20-,24+,27-,28-,29-,30+,31-;6-/m001/s1. The highest BCUT2D eigenvalue weighted by molar-refractivity contribution is 7.91. The van der Waals surface area contributed by atoms with E-state index in [1.807, 2.05) is 138 Å². The number of aliphatic hydroxyl groups is 4. The van der Waals surface area contributed by atoms with Crippen LogP contribution in [0.3, 0.4) is 0 Å². The summed E-state index contributed by atoms with van der Waals surface area (Å²) < 4.78 is 58.5. The number of para-hydroxylation sites is 1. The number of nitrogens with zero attached hydrogens (tertiary/aromatic N) is 6. The van der Waals surface area contributed by atoms with Crippen molar-refractivity contribution in [2.45, 2.75) is 174 Å². The van der Waals surface area contributed by atoms with E-state index >= 15 is 0 Å². The number of amides is 3. The maximum absolute atomic E-state index is 14.3. The molecule has 111 heavy (non-hydrogen) atoms. The lowest BCUT2D eigenvalue weighted by molar-refractivity contribution is -0.183. The van der Waals surface area contributed by atoms with Gasteiger partial charge in [0.2, 0.25) is 11.8 Å². The highest BCUT2D eigenvalue weighted by Gasteiger charge is 2.59. The summed E-state index contributed by atoms with van der Waals surface area (Å²) in [4.78, 5) is 74.2. The van der Waals surface area contributed by atoms with Gasteiger partial charge >= 0.3 is 5.97 Å². The number of anilines is 2. The fourth-order valence-corrected chi connectivity index (χ4v) is 20.4. The number of hydrogen-bond donors (Lipinski definition) is 9. The van der Waals surface area contributed by atoms with Gasteiger partial charge in [0.1, 0.15) is 55.5 Å². The summed E-state index contributed by atoms with van der Waals surface area (Å²) >= 11 is 0. The number of carbonyl (C=O) groups excluding carboxylic acids is 3. The quantitative estimate of drug-likeness (QED) is 0.0354. The van der Waals surface area contributed by atoms with Crippen molar-refractivity contribution in [3.8, 4) is 16.9 Å². The van der Waals surface area contributed by atoms with Gasteiger partial charge < -0.3 is 76.3 Å². The number of likely N-dealkylation sites (N-methyl/N-ethyl adjacent to an activating group) is 2. The van der Waals surface area contributed by atoms with Crippen LogP contribution in [0.4, 0.5) is 11.4 Å². The number of allylic oxidation sites excluding steroid dienone is 2. The normalized spacial score (nSPS) is 28.4. The first-order valence-electron chi connectivity index (χ1n) is 39.3. The Hall–Kier alpha value is -6.32. The summed E-state index contributed by atoms with van der Waals surface area (Å²) in [6, 6.07) is 13.9. The van der Waals surface area contributed by atoms with Crippen molar-refractivity contribution in [3.05, 3.63) is 100 Å². The van der Waals surface area contributed by atoms with Gasteiger partial charge in [-0.2, -0.15) is 10.1 Å². The molecule has 0 spiro atoms. The third kappa shape index (κ3) is 21.8. The molecule has 3 amide bonds. The highest BCUT2D eigenvalue weighted by Crippen LogP contribution is 2.62. The van der Waals surface area contributed by atoms with Gasteiger partial charge in [-0.15, -0.1) is 0 Å². The Bertz CT molecular complexity index is 4020. The fourth-order valence-electron chi connectivity index (χ4n) is 18.6. The molecule has 2 heterocycles. The lowest BCUT2D eigenvalue weighted by Crippen LogP contribution is -2.62. The number of hydroxylamine groups is 4. The van der Waals surface area contributed by atoms with Gasteiger partial charge in [-0.1, -0.05) is 71.9 Å². The second-order valence-corrected chi connectivity index (χ2v) is 38.9. The molecule has 7 aliphatic carbocycles. The monoisotopic (exact) mass is 1590 g/mol. The molecular weight excluding hydrogens is 1460 g/mol. The van der Waals surface area contributed by atoms with Crippen LogP contribution in [0, 0.1) is 58.2 Å². The van der Waals surface area contributed by atoms with Crippen molar-refractivity contribution in [3.63, 3.8) is 0 Å². The number of ether oxygens (including phenoxy) is 2. The van der Waals surface area contributed by atoms with Gasteiger partial charge in [-0.25, -0.2) is 21.6 Å². The molecule has 0 aromatic heterocycles. The van der Waals surface area contributed by atoms with E-state index in [0.717, 1.165) is 40.9 Å². The summed E-state index contributed by atoms with van der Waals surface area (Å²) in [7, 11) is 8.62. The van der Waals surface area contributed by atoms with Crippen molar-refractivity contribution in [1.82, 2.24) is 35.9 Å². The summed E-state index contributed by atoms with van der Waals surface area (Å²) in [5.41, 5.74) is 11.9. The molecule has 0 radical (unpaired) electrons. The fraction of sp³-hybridized carbons (Fsp3) is 0.683. The minimum absolute atomic E-state index is 0.0195. The van der Waals surface area contributed by atoms with Gasteiger partial charge in [0.05, 0.1) is 74.8 Å². The second-order valence-electron chi connectivity index (χ2n) is 34.5. The Morgan fingerprint density at radius 2 is 1.16 bits per heavy atom. The van der Waals surface area contributed by atoms with E-state index in [-0.39, 0.29) is 96.0 Å². The zero-order valence-electron chi connectivity index (χ0n) is 69.1. The predicted molar refractivity (Wildman–Crippen MR) is 432 cm³/mol. The van der Waals surface area contributed by atoms with Gasteiger partial charge in [0.15, 0.2) is 0 Å². The van der Waals surface area contributed by atoms with Crippen molar-refractivity contribution >= 4 is 54.7 Å². The number of carbonyl (C=O) groups is 4. The van der Waals surface area contributed by atoms with E-state index in [2.05, 4.69) is 57.5 Å². The third-order valence-corrected chi connectivity index (χ3v) is 26.5. The molecule has 622 valence electrons. The number of benzene rings is 3. The summed E-state index contributed by atoms with van der Waals surface area (Å²) in [5, 5.41) is 65.0. The molecular formula is C82H130N10O17S2. The number of carboxylic acid groups (broad SMARTS) is 1. The van der Waals surface area contributed by atoms with Crippen LogP contribution in [0.5, 0.6) is 5.75 Å². The smallest absolute Gasteiger partial charge is 0.335 e. The Kier molecular flexibility index (Phi) is 30.5. The summed E-state index contributed by atoms with van der Waals surface area (Å²) in [6.07, 6.45) is 7.84. The predicted octanol–water partition coefficient (Wildman–Crippen LogP) is 6.05. The average molecular weight is 1590 g/mol. The zero-order chi connectivity index (χ0) is 82.4. The molecule has 3 aromatic rings. The Labute approximate surface area is 659 Å². The number of nitrogens with one attached hydrogen (secondary N) is 3. The Morgan fingerprint density at radius 3 is 1.60 bits per heavy atom. The zero-order valence-corrected chi connectivity index (χ0v) is 70.8. The van der Waals surface area contributed by atoms with Gasteiger partial charge in [0.25, 0.3) is 5.91 Å². The van der Waals surface area contributed by atoms with Crippen LogP contribution in [0.2, 0.25) is 0 Å². The van der Waals surface area contributed by atoms with E-state index in [9.17, 15) is 61.5 Å². The molecule has 10 N–H and O–H groups in total. The topological polar surface area (TPSA) is 356 Å². The maximum atomic E-state index is 14.3. The first kappa shape index (κ1) is 90.2. The van der Waals surface area contributed by atoms with E-state index in [4.69, 9.17) is 24.9 Å². The van der Waals surface area contributed by atoms with Gasteiger partial charge in [0, 0.05) is 123 Å². The van der Waals surface area contributed by atoms with E-state index in [1.54, 1.807) is 42.2 Å². The summed E-state index contributed by atoms with van der Waals surface area (Å²) in [5.74, 6) is 0.558. The molecule has 19 atom stereocenters. The van der Waals surface area contributed by atoms with Crippen molar-refractivity contribution in [2.24, 2.45) is 63.9 Å². The molecule has 6 saturated carbocycles. The van der Waals surface area contributed by atoms with Crippen LogP contribution in [0.15, 0.2) is 78.1 Å². The van der Waals surface area contributed by atoms with E-state index < -0.39 is 80.0 Å². The minimum atomic E-state index is -3.36. The molecule has 3 aromatic carbocycles. The minimum Gasteiger partial charge on any atom is -0.497 e. The van der Waals surface area contributed by atoms with Gasteiger partial charge in [-0.3, -0.25) is 24.1 Å². The third-order valence-electron chi connectivity index (χ3n) is 24.4. The molecule has 9 aliphatic rings. The molecule has 27 nitrogen and oxygen atoms in total. The van der Waals surface area contributed by atoms with Crippen LogP contribution in [0.25, 0.3) is 11.1 Å². The lowest BCUT2D eigenvalue weighted by Gasteiger charge is -2.62. The SMILES string of the molecule is CCOC1=C(CN2O[C@@H](CO)[C@@H]([C@H](C)O)[C@H]2C(=O)N[C@H]2C[C@H]3C[C@@H]([C@@H]2C)C3(C)C)C=CCC1c1cc(C(=O)N[C@H](CN(C)C)CS(C)(=O)=O)cc(N(C)C)c1.CCOc1c(CN2O[C@@H](CO)[C@@H]([C@H](C)O)[C@H]2C(=O)N[C@H]2C[C@H]3C[C@@H]([C@@H]2C)C3(C)C)cccc1-c1cc(C(=O)O)cc(N(C)C)c1.CN(C)C[C@@H](N)CS(C)(=O)=O. The van der Waals surface area contributed by atoms with Crippen molar-refractivity contribution in [1.29, 1.82) is 0 Å². The molecule has 8 fully saturated rings. The molecule has 29 heteroatoms. The molecule has 12 rings (SSSR count). The largest absolute Gasteiger partial charge is 0.497 e. The molecule has 2 saturated heterocycles. The highest BCUT2D eigenvalue weighted by atomic mass is 32.2. The molecule has 4 bridgehead atoms. The van der Waals surface area contributed by atoms with Crippen LogP contribution < -0.4 is 36.2 Å². The maximum Gasteiger partial charge on any atom is 0.335 e. The summed E-state index contributed by atoms with van der Waals surface area (Å²) in [6.45, 7) is 22.1. The number of nitrogens with two attached hydrogens (primary N) is 1. The second kappa shape index (κ2) is 37.5. The molecule has 2 aliphatic heterocycles. The molecule has 1 unspecified atom stereocenters. The average Bonchev–Trinajstić information content (AvgIpc) is 1.67. The van der Waals surface area contributed by atoms with E-state index in [0.29, 0.717) is 96.4 Å². The first-order valence-corrected chi connectivity index (χ1v) is 43.4. The lowest BCUT2D eigenvalue weighted by atomic mass is 9.45. The number of carboxylic acids is 1. The van der Waals surface area contributed by atoms with Crippen molar-refractivity contribution in [2.75, 3.05) is 136 Å². The van der Waals surface area contributed by atoms with Crippen molar-refractivity contribution < 1.29 is 80.7 Å². The van der Waals surface area contributed by atoms with Gasteiger partial charge in [-0.05, 0) is 182 Å². The van der Waals surface area contributed by atoms with E-state index in [1.165, 1.54) is 25.4 Å². The van der Waals surface area contributed by atoms with Crippen LogP contribution in [0.1, 0.15) is 139 Å². The number of aromatic carboxylic acids is 1. The number of aliphatic hydroxyl groups excluding tert-OH is 4. The number of sulfone groups is 2. The van der Waals surface area contributed by atoms with Crippen LogP contribution in [-0.4, -0.2) is 273 Å². The number of rotatable bonds is 31. The van der Waals surface area contributed by atoms with Crippen LogP contribution in [-0.2, 0) is 50.2 Å². The first-order chi connectivity index (χ1) is 51.8. The Balaban J connectivity index is 0.000000249.